The molecule has 1 unspecified atom stereocenters. The van der Waals surface area contributed by atoms with Crippen LogP contribution in [0.2, 0.25) is 0 Å². The molecule has 0 saturated carbocycles. The molecule has 2 aromatic rings. The van der Waals surface area contributed by atoms with Crippen LogP contribution >= 0.6 is 11.8 Å². The molecule has 1 heterocycles. The Bertz CT molecular complexity index is 667. The molecule has 1 atom stereocenters. The van der Waals surface area contributed by atoms with Crippen molar-refractivity contribution in [3.05, 3.63) is 65.2 Å². The van der Waals surface area contributed by atoms with Gasteiger partial charge in [-0.25, -0.2) is 9.59 Å². The highest BCUT2D eigenvalue weighted by Gasteiger charge is 2.31. The summed E-state index contributed by atoms with van der Waals surface area (Å²) in [6.07, 6.45) is 0. The number of carbonyl (C=O) groups is 2. The van der Waals surface area contributed by atoms with Gasteiger partial charge in [-0.2, -0.15) is 0 Å². The van der Waals surface area contributed by atoms with Gasteiger partial charge >= 0.3 is 11.9 Å². The van der Waals surface area contributed by atoms with Crippen LogP contribution in [0.4, 0.5) is 0 Å². The number of esters is 1. The molecule has 0 bridgehead atoms. The zero-order valence-electron chi connectivity index (χ0n) is 10.3. The van der Waals surface area contributed by atoms with Crippen LogP contribution in [0, 0.1) is 0 Å². The fraction of sp³-hybridized carbons (Fsp3) is 0.0667. The highest BCUT2D eigenvalue weighted by Crippen LogP contribution is 2.44. The van der Waals surface area contributed by atoms with Crippen LogP contribution in [0.5, 0.6) is 0 Å². The first-order valence-corrected chi connectivity index (χ1v) is 6.83. The number of fused-ring (bicyclic) bond motifs is 1. The molecule has 3 rings (SSSR count). The van der Waals surface area contributed by atoms with E-state index >= 15 is 0 Å². The number of carboxylic acids is 1. The average Bonchev–Trinajstić information content (AvgIpc) is 2.47. The topological polar surface area (TPSA) is 63.6 Å². The minimum absolute atomic E-state index is 0.130. The number of ether oxygens (including phenoxy) is 1. The second-order valence-corrected chi connectivity index (χ2v) is 5.33. The molecule has 20 heavy (non-hydrogen) atoms. The van der Waals surface area contributed by atoms with Crippen molar-refractivity contribution in [2.75, 3.05) is 0 Å². The van der Waals surface area contributed by atoms with E-state index in [9.17, 15) is 14.7 Å². The van der Waals surface area contributed by atoms with Crippen LogP contribution in [-0.4, -0.2) is 17.0 Å². The van der Waals surface area contributed by atoms with Gasteiger partial charge in [0.1, 0.15) is 0 Å². The molecule has 0 aliphatic carbocycles. The Kier molecular flexibility index (Phi) is 3.20. The zero-order chi connectivity index (χ0) is 14.1. The molecule has 0 saturated heterocycles. The molecule has 0 fully saturated rings. The van der Waals surface area contributed by atoms with Gasteiger partial charge in [0.05, 0.1) is 11.1 Å². The van der Waals surface area contributed by atoms with E-state index in [2.05, 4.69) is 0 Å². The monoisotopic (exact) mass is 286 g/mol. The highest BCUT2D eigenvalue weighted by molar-refractivity contribution is 7.99. The third-order valence-corrected chi connectivity index (χ3v) is 4.23. The van der Waals surface area contributed by atoms with Crippen molar-refractivity contribution in [2.45, 2.75) is 10.3 Å². The van der Waals surface area contributed by atoms with Crippen molar-refractivity contribution in [3.63, 3.8) is 0 Å². The average molecular weight is 286 g/mol. The first kappa shape index (κ1) is 12.7. The largest absolute Gasteiger partial charge is 0.478 e. The Morgan fingerprint density at radius 3 is 2.55 bits per heavy atom. The van der Waals surface area contributed by atoms with Gasteiger partial charge in [0, 0.05) is 10.5 Å². The summed E-state index contributed by atoms with van der Waals surface area (Å²) in [7, 11) is 0. The lowest BCUT2D eigenvalue weighted by molar-refractivity contribution is 0.0439. The molecule has 0 aromatic heterocycles. The van der Waals surface area contributed by atoms with Crippen molar-refractivity contribution >= 4 is 23.7 Å². The normalized spacial score (nSPS) is 17.2. The van der Waals surface area contributed by atoms with Gasteiger partial charge in [0.25, 0.3) is 0 Å². The second-order valence-electron chi connectivity index (χ2n) is 4.25. The maximum Gasteiger partial charge on any atom is 0.340 e. The van der Waals surface area contributed by atoms with Gasteiger partial charge in [-0.1, -0.05) is 48.2 Å². The molecule has 0 amide bonds. The van der Waals surface area contributed by atoms with Crippen LogP contribution in [0.3, 0.4) is 0 Å². The highest BCUT2D eigenvalue weighted by atomic mass is 32.2. The molecule has 2 aromatic carbocycles. The molecule has 4 nitrogen and oxygen atoms in total. The van der Waals surface area contributed by atoms with Crippen LogP contribution in [0.1, 0.15) is 31.7 Å². The van der Waals surface area contributed by atoms with Gasteiger partial charge in [-0.15, -0.1) is 0 Å². The number of aromatic carboxylic acids is 1. The van der Waals surface area contributed by atoms with Crippen molar-refractivity contribution in [3.8, 4) is 0 Å². The van der Waals surface area contributed by atoms with E-state index in [1.54, 1.807) is 12.1 Å². The van der Waals surface area contributed by atoms with E-state index in [0.717, 1.165) is 5.56 Å². The van der Waals surface area contributed by atoms with E-state index in [0.29, 0.717) is 10.5 Å². The van der Waals surface area contributed by atoms with Crippen LogP contribution in [-0.2, 0) is 4.74 Å². The van der Waals surface area contributed by atoms with Gasteiger partial charge in [-0.3, -0.25) is 0 Å². The van der Waals surface area contributed by atoms with Crippen LogP contribution < -0.4 is 0 Å². The van der Waals surface area contributed by atoms with Crippen molar-refractivity contribution in [2.24, 2.45) is 0 Å². The number of cyclic esters (lactones) is 1. The predicted octanol–water partition coefficient (Wildman–Crippen LogP) is 3.35. The van der Waals surface area contributed by atoms with E-state index in [-0.39, 0.29) is 5.56 Å². The first-order chi connectivity index (χ1) is 9.66. The molecule has 0 radical (unpaired) electrons. The number of hydrogen-bond donors (Lipinski definition) is 1. The maximum absolute atomic E-state index is 12.0. The summed E-state index contributed by atoms with van der Waals surface area (Å²) in [6, 6.07) is 13.9. The Labute approximate surface area is 119 Å². The molecular formula is C15H10O4S. The van der Waals surface area contributed by atoms with Gasteiger partial charge in [0.2, 0.25) is 0 Å². The number of thioether (sulfide) groups is 1. The van der Waals surface area contributed by atoms with Crippen LogP contribution in [0.25, 0.3) is 0 Å². The Hall–Kier alpha value is -2.27. The molecular weight excluding hydrogens is 276 g/mol. The van der Waals surface area contributed by atoms with Gasteiger partial charge < -0.3 is 9.84 Å². The van der Waals surface area contributed by atoms with Crippen molar-refractivity contribution in [1.29, 1.82) is 0 Å². The summed E-state index contributed by atoms with van der Waals surface area (Å²) in [5, 5.41) is 9.22. The number of carbonyl (C=O) groups excluding carboxylic acids is 1. The van der Waals surface area contributed by atoms with Gasteiger partial charge in [0.15, 0.2) is 5.44 Å². The quantitative estimate of drug-likeness (QED) is 0.858. The summed E-state index contributed by atoms with van der Waals surface area (Å²) in [5.74, 6) is -1.54. The van der Waals surface area contributed by atoms with E-state index in [4.69, 9.17) is 4.74 Å². The lowest BCUT2D eigenvalue weighted by Gasteiger charge is -2.25. The molecule has 1 aliphatic rings. The standard InChI is InChI=1S/C15H10O4S/c16-13(17)10-7-4-8-11-12(10)20-15(19-14(11)18)9-5-2-1-3-6-9/h1-8,15H,(H,16,17). The van der Waals surface area contributed by atoms with Crippen molar-refractivity contribution in [1.82, 2.24) is 0 Å². The first-order valence-electron chi connectivity index (χ1n) is 5.95. The molecule has 5 heteroatoms. The summed E-state index contributed by atoms with van der Waals surface area (Å²) in [4.78, 5) is 23.7. The second kappa shape index (κ2) is 5.02. The zero-order valence-corrected chi connectivity index (χ0v) is 11.1. The molecule has 0 spiro atoms. The minimum Gasteiger partial charge on any atom is -0.478 e. The fourth-order valence-corrected chi connectivity index (χ4v) is 3.23. The third kappa shape index (κ3) is 2.16. The fourth-order valence-electron chi connectivity index (χ4n) is 2.03. The Balaban J connectivity index is 2.06. The van der Waals surface area contributed by atoms with Crippen LogP contribution in [0.15, 0.2) is 53.4 Å². The maximum atomic E-state index is 12.0. The number of hydrogen-bond acceptors (Lipinski definition) is 4. The summed E-state index contributed by atoms with van der Waals surface area (Å²) in [5.41, 5.74) is 0.751. The molecule has 100 valence electrons. The lowest BCUT2D eigenvalue weighted by atomic mass is 10.1. The molecule has 1 aliphatic heterocycles. The summed E-state index contributed by atoms with van der Waals surface area (Å²) >= 11 is 1.24. The number of rotatable bonds is 2. The predicted molar refractivity (Wildman–Crippen MR) is 73.9 cm³/mol. The summed E-state index contributed by atoms with van der Waals surface area (Å²) in [6.45, 7) is 0. The smallest absolute Gasteiger partial charge is 0.340 e. The Morgan fingerprint density at radius 2 is 1.85 bits per heavy atom. The van der Waals surface area contributed by atoms with E-state index in [1.165, 1.54) is 17.8 Å². The molecule has 1 N–H and O–H groups in total. The number of carboxylic acid groups (broad SMARTS) is 1. The van der Waals surface area contributed by atoms with Crippen molar-refractivity contribution < 1.29 is 19.4 Å². The summed E-state index contributed by atoms with van der Waals surface area (Å²) < 4.78 is 5.36. The SMILES string of the molecule is O=C(O)c1cccc2c1SC(c1ccccc1)OC2=O. The Morgan fingerprint density at radius 1 is 1.10 bits per heavy atom. The number of benzene rings is 2. The van der Waals surface area contributed by atoms with E-state index in [1.807, 2.05) is 30.3 Å². The third-order valence-electron chi connectivity index (χ3n) is 2.98. The minimum atomic E-state index is -1.05. The lowest BCUT2D eigenvalue weighted by Crippen LogP contribution is -2.18. The van der Waals surface area contributed by atoms with Gasteiger partial charge in [-0.05, 0) is 12.1 Å². The van der Waals surface area contributed by atoms with E-state index < -0.39 is 17.4 Å².